The van der Waals surface area contributed by atoms with E-state index in [0.717, 1.165) is 16.7 Å². The molecule has 2 N–H and O–H groups in total. The lowest BCUT2D eigenvalue weighted by molar-refractivity contribution is -0.122. The number of nitrogens with zero attached hydrogens (tertiary/aromatic N) is 1. The summed E-state index contributed by atoms with van der Waals surface area (Å²) >= 11 is 6.85. The van der Waals surface area contributed by atoms with Crippen LogP contribution in [-0.2, 0) is 9.59 Å². The third-order valence-corrected chi connectivity index (χ3v) is 3.95. The van der Waals surface area contributed by atoms with Crippen LogP contribution in [0.2, 0.25) is 5.02 Å². The molecule has 0 bridgehead atoms. The van der Waals surface area contributed by atoms with Crippen LogP contribution in [-0.4, -0.2) is 35.1 Å². The molecule has 1 aliphatic rings. The van der Waals surface area contributed by atoms with Gasteiger partial charge in [0, 0.05) is 0 Å². The molecule has 3 amide bonds. The van der Waals surface area contributed by atoms with Gasteiger partial charge in [-0.1, -0.05) is 23.6 Å². The molecule has 1 saturated heterocycles. The van der Waals surface area contributed by atoms with Crippen molar-refractivity contribution in [3.63, 3.8) is 0 Å². The molecular weight excluding hydrogens is 340 g/mol. The summed E-state index contributed by atoms with van der Waals surface area (Å²) in [6, 6.07) is 4.73. The second kappa shape index (κ2) is 7.22. The molecule has 0 spiro atoms. The predicted molar refractivity (Wildman–Crippen MR) is 87.7 cm³/mol. The molecule has 6 nitrogen and oxygen atoms in total. The van der Waals surface area contributed by atoms with E-state index in [0.29, 0.717) is 11.3 Å². The lowest BCUT2D eigenvalue weighted by Crippen LogP contribution is -2.28. The van der Waals surface area contributed by atoms with E-state index in [1.54, 1.807) is 18.2 Å². The van der Waals surface area contributed by atoms with E-state index in [1.807, 2.05) is 0 Å². The van der Waals surface area contributed by atoms with Crippen molar-refractivity contribution >= 4 is 46.5 Å². The minimum Gasteiger partial charge on any atom is -0.482 e. The molecule has 1 heterocycles. The molecule has 118 valence electrons. The standard InChI is InChI=1S/C15H11ClN2O4S/c1-2-5-18-14(20)12(23-15(18)21)7-9-3-4-11(10(16)6-9)22-8-13(17)19/h1,3-4,6-7H,5,8H2,(H2,17,19). The molecule has 8 heteroatoms. The Kier molecular flexibility index (Phi) is 5.32. The van der Waals surface area contributed by atoms with Crippen molar-refractivity contribution < 1.29 is 19.1 Å². The summed E-state index contributed by atoms with van der Waals surface area (Å²) in [7, 11) is 0. The first-order valence-electron chi connectivity index (χ1n) is 6.32. The van der Waals surface area contributed by atoms with Gasteiger partial charge in [-0.25, -0.2) is 0 Å². The van der Waals surface area contributed by atoms with Crippen LogP contribution < -0.4 is 10.5 Å². The number of amides is 3. The van der Waals surface area contributed by atoms with E-state index in [2.05, 4.69) is 5.92 Å². The average molecular weight is 351 g/mol. The Hall–Kier alpha value is -2.43. The number of benzene rings is 1. The van der Waals surface area contributed by atoms with Crippen molar-refractivity contribution in [1.82, 2.24) is 4.90 Å². The largest absolute Gasteiger partial charge is 0.482 e. The van der Waals surface area contributed by atoms with Crippen molar-refractivity contribution in [2.45, 2.75) is 0 Å². The van der Waals surface area contributed by atoms with Crippen LogP contribution in [0.3, 0.4) is 0 Å². The third kappa shape index (κ3) is 4.06. The lowest BCUT2D eigenvalue weighted by atomic mass is 10.2. The van der Waals surface area contributed by atoms with Gasteiger partial charge in [-0.2, -0.15) is 0 Å². The first kappa shape index (κ1) is 16.9. The Morgan fingerprint density at radius 1 is 1.48 bits per heavy atom. The maximum absolute atomic E-state index is 12.1. The molecular formula is C15H11ClN2O4S. The van der Waals surface area contributed by atoms with Gasteiger partial charge < -0.3 is 10.5 Å². The van der Waals surface area contributed by atoms with Crippen molar-refractivity contribution in [3.8, 4) is 18.1 Å². The van der Waals surface area contributed by atoms with Crippen LogP contribution in [0.5, 0.6) is 5.75 Å². The summed E-state index contributed by atoms with van der Waals surface area (Å²) in [5.74, 6) is 1.50. The van der Waals surface area contributed by atoms with E-state index in [1.165, 1.54) is 6.08 Å². The molecule has 1 aromatic rings. The molecule has 1 fully saturated rings. The third-order valence-electron chi connectivity index (χ3n) is 2.75. The first-order chi connectivity index (χ1) is 10.9. The van der Waals surface area contributed by atoms with Gasteiger partial charge in [-0.15, -0.1) is 6.42 Å². The molecule has 0 saturated carbocycles. The normalized spacial score (nSPS) is 15.8. The van der Waals surface area contributed by atoms with Crippen LogP contribution in [0, 0.1) is 12.3 Å². The van der Waals surface area contributed by atoms with E-state index in [4.69, 9.17) is 28.5 Å². The molecule has 0 unspecified atom stereocenters. The number of hydrogen-bond acceptors (Lipinski definition) is 5. The molecule has 2 rings (SSSR count). The average Bonchev–Trinajstić information content (AvgIpc) is 2.74. The van der Waals surface area contributed by atoms with Gasteiger partial charge in [-0.05, 0) is 35.5 Å². The molecule has 0 radical (unpaired) electrons. The zero-order chi connectivity index (χ0) is 17.0. The van der Waals surface area contributed by atoms with Crippen LogP contribution in [0.15, 0.2) is 23.1 Å². The number of carbonyl (C=O) groups is 3. The summed E-state index contributed by atoms with van der Waals surface area (Å²) < 4.78 is 5.13. The van der Waals surface area contributed by atoms with Gasteiger partial charge in [-0.3, -0.25) is 19.3 Å². The second-order valence-corrected chi connectivity index (χ2v) is 5.82. The quantitative estimate of drug-likeness (QED) is 0.646. The number of thioether (sulfide) groups is 1. The topological polar surface area (TPSA) is 89.7 Å². The molecule has 1 aliphatic heterocycles. The number of rotatable bonds is 5. The summed E-state index contributed by atoms with van der Waals surface area (Å²) in [5, 5.41) is -0.158. The highest BCUT2D eigenvalue weighted by atomic mass is 35.5. The van der Waals surface area contributed by atoms with E-state index in [9.17, 15) is 14.4 Å². The highest BCUT2D eigenvalue weighted by Crippen LogP contribution is 2.33. The summed E-state index contributed by atoms with van der Waals surface area (Å²) in [6.07, 6.45) is 6.66. The van der Waals surface area contributed by atoms with Gasteiger partial charge in [0.15, 0.2) is 6.61 Å². The lowest BCUT2D eigenvalue weighted by Gasteiger charge is -2.07. The highest BCUT2D eigenvalue weighted by molar-refractivity contribution is 8.18. The Morgan fingerprint density at radius 3 is 2.83 bits per heavy atom. The van der Waals surface area contributed by atoms with Crippen molar-refractivity contribution in [3.05, 3.63) is 33.7 Å². The second-order valence-electron chi connectivity index (χ2n) is 4.42. The zero-order valence-corrected chi connectivity index (χ0v) is 13.3. The monoisotopic (exact) mass is 350 g/mol. The molecule has 0 aromatic heterocycles. The summed E-state index contributed by atoms with van der Waals surface area (Å²) in [4.78, 5) is 35.7. The van der Waals surface area contributed by atoms with Crippen molar-refractivity contribution in [2.24, 2.45) is 5.73 Å². The number of halogens is 1. The maximum Gasteiger partial charge on any atom is 0.294 e. The van der Waals surface area contributed by atoms with E-state index in [-0.39, 0.29) is 23.1 Å². The number of hydrogen-bond donors (Lipinski definition) is 1. The fraction of sp³-hybridized carbons (Fsp3) is 0.133. The number of nitrogens with two attached hydrogens (primary N) is 1. The van der Waals surface area contributed by atoms with Gasteiger partial charge in [0.2, 0.25) is 0 Å². The molecule has 0 atom stereocenters. The van der Waals surface area contributed by atoms with Crippen molar-refractivity contribution in [1.29, 1.82) is 0 Å². The smallest absolute Gasteiger partial charge is 0.294 e. The van der Waals surface area contributed by atoms with Gasteiger partial charge in [0.25, 0.3) is 17.1 Å². The fourth-order valence-electron chi connectivity index (χ4n) is 1.75. The first-order valence-corrected chi connectivity index (χ1v) is 7.51. The van der Waals surface area contributed by atoms with Gasteiger partial charge >= 0.3 is 0 Å². The molecule has 23 heavy (non-hydrogen) atoms. The summed E-state index contributed by atoms with van der Waals surface area (Å²) in [5.41, 5.74) is 5.59. The van der Waals surface area contributed by atoms with Gasteiger partial charge in [0.05, 0.1) is 16.5 Å². The Bertz CT molecular complexity index is 754. The number of ether oxygens (including phenoxy) is 1. The number of carbonyl (C=O) groups excluding carboxylic acids is 3. The molecule has 0 aliphatic carbocycles. The number of terminal acetylenes is 1. The highest BCUT2D eigenvalue weighted by Gasteiger charge is 2.34. The Labute approximate surface area is 141 Å². The maximum atomic E-state index is 12.1. The van der Waals surface area contributed by atoms with E-state index < -0.39 is 17.1 Å². The van der Waals surface area contributed by atoms with Crippen LogP contribution in [0.4, 0.5) is 4.79 Å². The minimum atomic E-state index is -0.618. The summed E-state index contributed by atoms with van der Waals surface area (Å²) in [6.45, 7) is -0.354. The Balaban J connectivity index is 2.19. The van der Waals surface area contributed by atoms with Crippen LogP contribution in [0.1, 0.15) is 5.56 Å². The minimum absolute atomic E-state index is 0.0668. The Morgan fingerprint density at radius 2 is 2.22 bits per heavy atom. The van der Waals surface area contributed by atoms with Gasteiger partial charge in [0.1, 0.15) is 5.75 Å². The predicted octanol–water partition coefficient (Wildman–Crippen LogP) is 1.87. The number of primary amides is 1. The van der Waals surface area contributed by atoms with Crippen molar-refractivity contribution in [2.75, 3.05) is 13.2 Å². The fourth-order valence-corrected chi connectivity index (χ4v) is 2.83. The SMILES string of the molecule is C#CCN1C(=O)SC(=Cc2ccc(OCC(N)=O)c(Cl)c2)C1=O. The molecule has 1 aromatic carbocycles. The van der Waals surface area contributed by atoms with E-state index >= 15 is 0 Å². The van der Waals surface area contributed by atoms with Crippen LogP contribution >= 0.6 is 23.4 Å². The number of imide groups is 1. The van der Waals surface area contributed by atoms with Crippen LogP contribution in [0.25, 0.3) is 6.08 Å². The zero-order valence-electron chi connectivity index (χ0n) is 11.7.